The van der Waals surface area contributed by atoms with E-state index in [0.717, 1.165) is 18.4 Å². The second-order valence-corrected chi connectivity index (χ2v) is 6.60. The lowest BCUT2D eigenvalue weighted by atomic mass is 10.0. The van der Waals surface area contributed by atoms with Gasteiger partial charge in [0.1, 0.15) is 6.10 Å². The number of hydrogen-bond acceptors (Lipinski definition) is 4. The zero-order valence-corrected chi connectivity index (χ0v) is 14.8. The summed E-state index contributed by atoms with van der Waals surface area (Å²) in [6, 6.07) is 17.2. The van der Waals surface area contributed by atoms with Gasteiger partial charge in [0.15, 0.2) is 0 Å². The number of aryl methyl sites for hydroxylation is 1. The zero-order chi connectivity index (χ0) is 17.8. The molecule has 5 nitrogen and oxygen atoms in total. The Morgan fingerprint density at radius 3 is 2.76 bits per heavy atom. The van der Waals surface area contributed by atoms with Crippen LogP contribution in [0.5, 0.6) is 0 Å². The summed E-state index contributed by atoms with van der Waals surface area (Å²) in [5.41, 5.74) is 2.16. The van der Waals surface area contributed by atoms with Gasteiger partial charge in [-0.1, -0.05) is 42.5 Å². The molecule has 0 bridgehead atoms. The largest absolute Gasteiger partial charge is 0.461 e. The molecule has 0 radical (unpaired) electrons. The Labute approximate surface area is 152 Å². The second kappa shape index (κ2) is 7.61. The Balaban J connectivity index is 1.63. The standard InChI is InChI=1S/C19H20N2O3S/c1-14(10-11-15-6-3-2-4-7-15)20-13-18(24-19(20)25)16-8-5-9-17(12-16)21(22)23/h2-9,12,14,18H,10-11,13H2,1H3/t14-,18-/m0/s1. The fourth-order valence-electron chi connectivity index (χ4n) is 3.03. The van der Waals surface area contributed by atoms with E-state index in [4.69, 9.17) is 17.0 Å². The first-order chi connectivity index (χ1) is 12.0. The zero-order valence-electron chi connectivity index (χ0n) is 14.0. The number of non-ortho nitro benzene ring substituents is 1. The van der Waals surface area contributed by atoms with E-state index in [2.05, 4.69) is 24.0 Å². The van der Waals surface area contributed by atoms with E-state index in [0.29, 0.717) is 11.7 Å². The van der Waals surface area contributed by atoms with Gasteiger partial charge in [-0.15, -0.1) is 0 Å². The van der Waals surface area contributed by atoms with Crippen LogP contribution in [0, 0.1) is 10.1 Å². The first kappa shape index (κ1) is 17.4. The van der Waals surface area contributed by atoms with Gasteiger partial charge in [0.2, 0.25) is 0 Å². The normalized spacial score (nSPS) is 18.0. The highest BCUT2D eigenvalue weighted by Crippen LogP contribution is 2.30. The smallest absolute Gasteiger partial charge is 0.269 e. The van der Waals surface area contributed by atoms with Crippen molar-refractivity contribution in [3.8, 4) is 0 Å². The van der Waals surface area contributed by atoms with Crippen LogP contribution in [0.1, 0.15) is 30.6 Å². The van der Waals surface area contributed by atoms with E-state index in [9.17, 15) is 10.1 Å². The number of nitro benzene ring substituents is 1. The molecule has 0 aliphatic carbocycles. The summed E-state index contributed by atoms with van der Waals surface area (Å²) in [5.74, 6) is 0. The second-order valence-electron chi connectivity index (χ2n) is 6.25. The van der Waals surface area contributed by atoms with Gasteiger partial charge >= 0.3 is 0 Å². The maximum Gasteiger partial charge on any atom is 0.269 e. The molecule has 2 aromatic rings. The van der Waals surface area contributed by atoms with Crippen molar-refractivity contribution in [1.82, 2.24) is 4.90 Å². The van der Waals surface area contributed by atoms with E-state index in [-0.39, 0.29) is 17.8 Å². The van der Waals surface area contributed by atoms with E-state index in [1.807, 2.05) is 24.3 Å². The van der Waals surface area contributed by atoms with Crippen molar-refractivity contribution < 1.29 is 9.66 Å². The van der Waals surface area contributed by atoms with E-state index >= 15 is 0 Å². The molecule has 130 valence electrons. The van der Waals surface area contributed by atoms with Crippen LogP contribution >= 0.6 is 12.2 Å². The number of rotatable bonds is 6. The lowest BCUT2D eigenvalue weighted by Crippen LogP contribution is -2.34. The summed E-state index contributed by atoms with van der Waals surface area (Å²) in [7, 11) is 0. The third kappa shape index (κ3) is 4.14. The molecule has 1 aliphatic heterocycles. The van der Waals surface area contributed by atoms with Crippen molar-refractivity contribution in [3.05, 3.63) is 75.8 Å². The number of nitrogens with zero attached hydrogens (tertiary/aromatic N) is 2. The lowest BCUT2D eigenvalue weighted by Gasteiger charge is -2.23. The summed E-state index contributed by atoms with van der Waals surface area (Å²) < 4.78 is 5.80. The molecule has 1 saturated heterocycles. The minimum atomic E-state index is -0.392. The van der Waals surface area contributed by atoms with Crippen LogP contribution in [-0.4, -0.2) is 27.6 Å². The Kier molecular flexibility index (Phi) is 5.28. The van der Waals surface area contributed by atoms with Crippen LogP contribution in [0.4, 0.5) is 5.69 Å². The van der Waals surface area contributed by atoms with Gasteiger partial charge in [-0.05, 0) is 37.5 Å². The summed E-state index contributed by atoms with van der Waals surface area (Å²) in [6.07, 6.45) is 1.68. The molecular weight excluding hydrogens is 336 g/mol. The predicted molar refractivity (Wildman–Crippen MR) is 100 cm³/mol. The van der Waals surface area contributed by atoms with Gasteiger partial charge in [0.25, 0.3) is 10.9 Å². The van der Waals surface area contributed by atoms with Gasteiger partial charge in [-0.3, -0.25) is 10.1 Å². The van der Waals surface area contributed by atoms with Crippen LogP contribution < -0.4 is 0 Å². The van der Waals surface area contributed by atoms with Crippen molar-refractivity contribution in [2.45, 2.75) is 31.9 Å². The average molecular weight is 356 g/mol. The molecule has 1 heterocycles. The van der Waals surface area contributed by atoms with Crippen molar-refractivity contribution in [3.63, 3.8) is 0 Å². The summed E-state index contributed by atoms with van der Waals surface area (Å²) >= 11 is 5.38. The highest BCUT2D eigenvalue weighted by atomic mass is 32.1. The highest BCUT2D eigenvalue weighted by Gasteiger charge is 2.32. The van der Waals surface area contributed by atoms with Crippen LogP contribution in [0.3, 0.4) is 0 Å². The minimum absolute atomic E-state index is 0.0718. The van der Waals surface area contributed by atoms with E-state index in [1.54, 1.807) is 12.1 Å². The van der Waals surface area contributed by atoms with Crippen molar-refractivity contribution in [2.24, 2.45) is 0 Å². The highest BCUT2D eigenvalue weighted by molar-refractivity contribution is 7.80. The quantitative estimate of drug-likeness (QED) is 0.439. The van der Waals surface area contributed by atoms with E-state index < -0.39 is 4.92 Å². The molecule has 25 heavy (non-hydrogen) atoms. The predicted octanol–water partition coefficient (Wildman–Crippen LogP) is 4.27. The van der Waals surface area contributed by atoms with E-state index in [1.165, 1.54) is 11.6 Å². The maximum absolute atomic E-state index is 11.0. The van der Waals surface area contributed by atoms with Gasteiger partial charge < -0.3 is 9.64 Å². The Morgan fingerprint density at radius 1 is 1.28 bits per heavy atom. The fourth-order valence-corrected chi connectivity index (χ4v) is 3.40. The van der Waals surface area contributed by atoms with Crippen LogP contribution in [0.2, 0.25) is 0 Å². The molecule has 6 heteroatoms. The molecule has 0 amide bonds. The molecule has 0 spiro atoms. The molecule has 0 N–H and O–H groups in total. The number of ether oxygens (including phenoxy) is 1. The molecule has 0 aromatic heterocycles. The van der Waals surface area contributed by atoms with Gasteiger partial charge in [0, 0.05) is 23.7 Å². The Morgan fingerprint density at radius 2 is 2.04 bits per heavy atom. The first-order valence-corrected chi connectivity index (χ1v) is 8.71. The Bertz CT molecular complexity index is 766. The molecule has 2 atom stereocenters. The summed E-state index contributed by atoms with van der Waals surface area (Å²) in [6.45, 7) is 2.75. The monoisotopic (exact) mass is 356 g/mol. The van der Waals surface area contributed by atoms with Crippen LogP contribution in [0.15, 0.2) is 54.6 Å². The molecule has 1 fully saturated rings. The topological polar surface area (TPSA) is 55.6 Å². The van der Waals surface area contributed by atoms with Crippen LogP contribution in [0.25, 0.3) is 0 Å². The third-order valence-corrected chi connectivity index (χ3v) is 4.85. The molecule has 3 rings (SSSR count). The van der Waals surface area contributed by atoms with Crippen molar-refractivity contribution >= 4 is 23.1 Å². The summed E-state index contributed by atoms with van der Waals surface area (Å²) in [5, 5.41) is 11.4. The maximum atomic E-state index is 11.0. The van der Waals surface area contributed by atoms with Gasteiger partial charge in [0.05, 0.1) is 11.5 Å². The number of hydrogen-bond donors (Lipinski definition) is 0. The van der Waals surface area contributed by atoms with Crippen molar-refractivity contribution in [1.29, 1.82) is 0 Å². The minimum Gasteiger partial charge on any atom is -0.461 e. The molecule has 2 aromatic carbocycles. The molecule has 0 unspecified atom stereocenters. The Hall–Kier alpha value is -2.47. The molecule has 1 aliphatic rings. The van der Waals surface area contributed by atoms with Gasteiger partial charge in [-0.25, -0.2) is 0 Å². The first-order valence-electron chi connectivity index (χ1n) is 8.30. The molecular formula is C19H20N2O3S. The SMILES string of the molecule is C[C@@H](CCc1ccccc1)N1C[C@@H](c2cccc([N+](=O)[O-])c2)OC1=S. The summed E-state index contributed by atoms with van der Waals surface area (Å²) in [4.78, 5) is 12.6. The van der Waals surface area contributed by atoms with Gasteiger partial charge in [-0.2, -0.15) is 0 Å². The average Bonchev–Trinajstić information content (AvgIpc) is 3.02. The number of benzene rings is 2. The van der Waals surface area contributed by atoms with Crippen LogP contribution in [-0.2, 0) is 11.2 Å². The molecule has 0 saturated carbocycles. The number of nitro groups is 1. The third-order valence-electron chi connectivity index (χ3n) is 4.52. The van der Waals surface area contributed by atoms with Crippen molar-refractivity contribution in [2.75, 3.05) is 6.54 Å². The lowest BCUT2D eigenvalue weighted by molar-refractivity contribution is -0.385. The number of thiocarbonyl (C=S) groups is 1. The fraction of sp³-hybridized carbons (Fsp3) is 0.316.